The van der Waals surface area contributed by atoms with Crippen molar-refractivity contribution in [2.24, 2.45) is 0 Å². The molecule has 1 fully saturated rings. The molecule has 90 valence electrons. The summed E-state index contributed by atoms with van der Waals surface area (Å²) >= 11 is 8.05. The van der Waals surface area contributed by atoms with E-state index in [4.69, 9.17) is 11.6 Å². The summed E-state index contributed by atoms with van der Waals surface area (Å²) in [5.41, 5.74) is 2.72. The zero-order valence-corrected chi connectivity index (χ0v) is 11.5. The van der Waals surface area contributed by atoms with Crippen LogP contribution < -0.4 is 0 Å². The molecule has 0 aliphatic carbocycles. The average Bonchev–Trinajstić information content (AvgIpc) is 2.82. The first-order chi connectivity index (χ1) is 8.24. The van der Waals surface area contributed by atoms with Crippen LogP contribution in [0.2, 0.25) is 5.02 Å². The Morgan fingerprint density at radius 2 is 2.06 bits per heavy atom. The fourth-order valence-electron chi connectivity index (χ4n) is 2.59. The first-order valence-corrected chi connectivity index (χ1v) is 7.43. The summed E-state index contributed by atoms with van der Waals surface area (Å²) in [5, 5.41) is 1.39. The molecule has 3 heteroatoms. The molecule has 1 unspecified atom stereocenters. The van der Waals surface area contributed by atoms with Crippen molar-refractivity contribution < 1.29 is 0 Å². The van der Waals surface area contributed by atoms with Crippen molar-refractivity contribution >= 4 is 29.1 Å². The fraction of sp³-hybridized carbons (Fsp3) is 0.429. The van der Waals surface area contributed by atoms with Gasteiger partial charge in [0.25, 0.3) is 0 Å². The van der Waals surface area contributed by atoms with Crippen LogP contribution in [0.1, 0.15) is 25.3 Å². The molecule has 0 bridgehead atoms. The fourth-order valence-corrected chi connectivity index (χ4v) is 3.79. The maximum absolute atomic E-state index is 6.13. The number of halogens is 1. The number of benzene rings is 1. The first kappa shape index (κ1) is 11.5. The summed E-state index contributed by atoms with van der Waals surface area (Å²) in [4.78, 5) is 3.87. The molecule has 1 nitrogen and oxygen atoms in total. The first-order valence-electron chi connectivity index (χ1n) is 6.17. The van der Waals surface area contributed by atoms with Crippen molar-refractivity contribution in [3.05, 3.63) is 34.9 Å². The molecule has 2 aliphatic rings. The highest BCUT2D eigenvalue weighted by molar-refractivity contribution is 8.00. The van der Waals surface area contributed by atoms with Gasteiger partial charge in [0, 0.05) is 39.5 Å². The predicted molar refractivity (Wildman–Crippen MR) is 75.6 cm³/mol. The van der Waals surface area contributed by atoms with Crippen molar-refractivity contribution in [3.63, 3.8) is 0 Å². The largest absolute Gasteiger partial charge is 0.371 e. The molecule has 0 radical (unpaired) electrons. The van der Waals surface area contributed by atoms with E-state index in [1.807, 2.05) is 17.8 Å². The van der Waals surface area contributed by atoms with Gasteiger partial charge in [0.15, 0.2) is 0 Å². The number of rotatable bonds is 1. The molecule has 0 amide bonds. The number of hydrogen-bond donors (Lipinski definition) is 0. The molecule has 0 saturated carbocycles. The third-order valence-corrected chi connectivity index (χ3v) is 4.72. The third-order valence-electron chi connectivity index (χ3n) is 3.37. The zero-order valence-electron chi connectivity index (χ0n) is 9.95. The molecule has 17 heavy (non-hydrogen) atoms. The van der Waals surface area contributed by atoms with Crippen molar-refractivity contribution in [2.45, 2.75) is 29.9 Å². The lowest BCUT2D eigenvalue weighted by Crippen LogP contribution is -2.20. The predicted octanol–water partition coefficient (Wildman–Crippen LogP) is 4.27. The van der Waals surface area contributed by atoms with Gasteiger partial charge in [-0.2, -0.15) is 0 Å². The Hall–Kier alpha value is -0.600. The van der Waals surface area contributed by atoms with Crippen molar-refractivity contribution in [3.8, 4) is 0 Å². The molecule has 2 aliphatic heterocycles. The SMILES string of the molecule is CC1C=C(N2CCCC2)c2cc(Cl)ccc2S1. The van der Waals surface area contributed by atoms with Gasteiger partial charge < -0.3 is 4.90 Å². The molecule has 1 saturated heterocycles. The van der Waals surface area contributed by atoms with E-state index in [-0.39, 0.29) is 0 Å². The van der Waals surface area contributed by atoms with E-state index in [0.29, 0.717) is 5.25 Å². The van der Waals surface area contributed by atoms with Gasteiger partial charge in [-0.05, 0) is 44.0 Å². The van der Waals surface area contributed by atoms with Crippen LogP contribution in [0, 0.1) is 0 Å². The minimum Gasteiger partial charge on any atom is -0.371 e. The second-order valence-corrected chi connectivity index (χ2v) is 6.57. The summed E-state index contributed by atoms with van der Waals surface area (Å²) in [6, 6.07) is 6.26. The summed E-state index contributed by atoms with van der Waals surface area (Å²) in [6.45, 7) is 4.64. The Morgan fingerprint density at radius 3 is 2.82 bits per heavy atom. The molecule has 1 atom stereocenters. The van der Waals surface area contributed by atoms with Gasteiger partial charge in [0.2, 0.25) is 0 Å². The van der Waals surface area contributed by atoms with Crippen LogP contribution in [0.3, 0.4) is 0 Å². The maximum Gasteiger partial charge on any atom is 0.0422 e. The van der Waals surface area contributed by atoms with Gasteiger partial charge in [-0.15, -0.1) is 11.8 Å². The van der Waals surface area contributed by atoms with E-state index in [2.05, 4.69) is 30.0 Å². The summed E-state index contributed by atoms with van der Waals surface area (Å²) in [7, 11) is 0. The molecule has 0 N–H and O–H groups in total. The number of likely N-dealkylation sites (tertiary alicyclic amines) is 1. The molecular formula is C14H16ClNS. The summed E-state index contributed by atoms with van der Waals surface area (Å²) < 4.78 is 0. The van der Waals surface area contributed by atoms with Crippen LogP contribution >= 0.6 is 23.4 Å². The summed E-state index contributed by atoms with van der Waals surface area (Å²) in [6.07, 6.45) is 5.01. The van der Waals surface area contributed by atoms with Crippen LogP contribution in [0.25, 0.3) is 5.70 Å². The smallest absolute Gasteiger partial charge is 0.0422 e. The van der Waals surface area contributed by atoms with Gasteiger partial charge in [-0.3, -0.25) is 0 Å². The van der Waals surface area contributed by atoms with Gasteiger partial charge >= 0.3 is 0 Å². The Labute approximate surface area is 112 Å². The molecule has 1 aromatic carbocycles. The van der Waals surface area contributed by atoms with Crippen LogP contribution in [-0.4, -0.2) is 23.2 Å². The Morgan fingerprint density at radius 1 is 1.29 bits per heavy atom. The van der Waals surface area contributed by atoms with E-state index in [1.165, 1.54) is 42.1 Å². The standard InChI is InChI=1S/C14H16ClNS/c1-10-8-13(16-6-2-3-7-16)12-9-11(15)4-5-14(12)17-10/h4-5,8-10H,2-3,6-7H2,1H3. The highest BCUT2D eigenvalue weighted by Crippen LogP contribution is 2.40. The van der Waals surface area contributed by atoms with E-state index in [0.717, 1.165) is 5.02 Å². The Balaban J connectivity index is 2.04. The third kappa shape index (κ3) is 2.21. The lowest BCUT2D eigenvalue weighted by atomic mass is 10.1. The topological polar surface area (TPSA) is 3.24 Å². The highest BCUT2D eigenvalue weighted by atomic mass is 35.5. The second-order valence-electron chi connectivity index (χ2n) is 4.71. The summed E-state index contributed by atoms with van der Waals surface area (Å²) in [5.74, 6) is 0. The van der Waals surface area contributed by atoms with Crippen molar-refractivity contribution in [1.82, 2.24) is 4.90 Å². The van der Waals surface area contributed by atoms with Gasteiger partial charge in [-0.1, -0.05) is 11.6 Å². The van der Waals surface area contributed by atoms with Gasteiger partial charge in [-0.25, -0.2) is 0 Å². The van der Waals surface area contributed by atoms with Crippen LogP contribution in [0.15, 0.2) is 29.2 Å². The Bertz CT molecular complexity index is 463. The highest BCUT2D eigenvalue weighted by Gasteiger charge is 2.23. The average molecular weight is 266 g/mol. The van der Waals surface area contributed by atoms with Crippen LogP contribution in [0.4, 0.5) is 0 Å². The van der Waals surface area contributed by atoms with E-state index >= 15 is 0 Å². The van der Waals surface area contributed by atoms with Gasteiger partial charge in [0.05, 0.1) is 0 Å². The van der Waals surface area contributed by atoms with Crippen molar-refractivity contribution in [2.75, 3.05) is 13.1 Å². The lowest BCUT2D eigenvalue weighted by molar-refractivity contribution is 0.490. The maximum atomic E-state index is 6.13. The normalized spacial score (nSPS) is 23.5. The molecule has 2 heterocycles. The van der Waals surface area contributed by atoms with Crippen molar-refractivity contribution in [1.29, 1.82) is 0 Å². The molecule has 0 aromatic heterocycles. The second kappa shape index (κ2) is 4.58. The Kier molecular flexibility index (Phi) is 3.10. The minimum atomic E-state index is 0.555. The van der Waals surface area contributed by atoms with E-state index < -0.39 is 0 Å². The minimum absolute atomic E-state index is 0.555. The van der Waals surface area contributed by atoms with E-state index in [9.17, 15) is 0 Å². The molecule has 0 spiro atoms. The van der Waals surface area contributed by atoms with Crippen LogP contribution in [0.5, 0.6) is 0 Å². The molecular weight excluding hydrogens is 250 g/mol. The van der Waals surface area contributed by atoms with Gasteiger partial charge in [0.1, 0.15) is 0 Å². The van der Waals surface area contributed by atoms with E-state index in [1.54, 1.807) is 0 Å². The number of fused-ring (bicyclic) bond motifs is 1. The number of hydrogen-bond acceptors (Lipinski definition) is 2. The zero-order chi connectivity index (χ0) is 11.8. The quantitative estimate of drug-likeness (QED) is 0.746. The number of thioether (sulfide) groups is 1. The molecule has 3 rings (SSSR count). The lowest BCUT2D eigenvalue weighted by Gasteiger charge is -2.29. The van der Waals surface area contributed by atoms with Crippen LogP contribution in [-0.2, 0) is 0 Å². The molecule has 1 aromatic rings. The number of nitrogens with zero attached hydrogens (tertiary/aromatic N) is 1. The monoisotopic (exact) mass is 265 g/mol.